The van der Waals surface area contributed by atoms with E-state index in [4.69, 9.17) is 9.26 Å². The second-order valence-corrected chi connectivity index (χ2v) is 5.84. The van der Waals surface area contributed by atoms with Crippen LogP contribution in [0.15, 0.2) is 22.7 Å². The molecule has 0 spiro atoms. The maximum Gasteiger partial charge on any atom is 0.325 e. The number of nitrogens with one attached hydrogen (secondary N) is 1. The highest BCUT2D eigenvalue weighted by Gasteiger charge is 2.13. The minimum atomic E-state index is -0.573. The lowest BCUT2D eigenvalue weighted by molar-refractivity contribution is -0.144. The molecule has 1 amide bonds. The third-order valence-corrected chi connectivity index (χ3v) is 3.52. The fourth-order valence-corrected chi connectivity index (χ4v) is 1.89. The van der Waals surface area contributed by atoms with Crippen molar-refractivity contribution in [1.29, 1.82) is 0 Å². The van der Waals surface area contributed by atoms with Crippen LogP contribution in [0, 0.1) is 13.8 Å². The summed E-state index contributed by atoms with van der Waals surface area (Å²) in [5, 5.41) is 6.30. The molecule has 7 heteroatoms. The summed E-state index contributed by atoms with van der Waals surface area (Å²) in [4.78, 5) is 27.8. The predicted molar refractivity (Wildman–Crippen MR) is 86.4 cm³/mol. The van der Waals surface area contributed by atoms with Crippen LogP contribution in [0.5, 0.6) is 0 Å². The number of amides is 1. The zero-order chi connectivity index (χ0) is 17.7. The average Bonchev–Trinajstić information content (AvgIpc) is 3.02. The summed E-state index contributed by atoms with van der Waals surface area (Å²) in [6, 6.07) is 5.36. The van der Waals surface area contributed by atoms with Crippen molar-refractivity contribution in [3.8, 4) is 0 Å². The summed E-state index contributed by atoms with van der Waals surface area (Å²) in [5.41, 5.74) is 2.62. The van der Waals surface area contributed by atoms with Crippen LogP contribution in [-0.4, -0.2) is 28.6 Å². The van der Waals surface area contributed by atoms with E-state index in [1.807, 2.05) is 33.8 Å². The highest BCUT2D eigenvalue weighted by atomic mass is 16.6. The van der Waals surface area contributed by atoms with Crippen LogP contribution in [0.3, 0.4) is 0 Å². The van der Waals surface area contributed by atoms with Crippen molar-refractivity contribution in [2.45, 2.75) is 40.2 Å². The molecule has 1 heterocycles. The van der Waals surface area contributed by atoms with E-state index in [1.54, 1.807) is 12.1 Å². The van der Waals surface area contributed by atoms with Gasteiger partial charge in [0.25, 0.3) is 11.8 Å². The molecular weight excluding hydrogens is 310 g/mol. The van der Waals surface area contributed by atoms with E-state index < -0.39 is 5.97 Å². The highest BCUT2D eigenvalue weighted by molar-refractivity contribution is 5.96. The summed E-state index contributed by atoms with van der Waals surface area (Å²) in [6.07, 6.45) is 0. The maximum atomic E-state index is 12.0. The fraction of sp³-hybridized carbons (Fsp3) is 0.412. The Morgan fingerprint density at radius 1 is 1.25 bits per heavy atom. The number of ether oxygens (including phenoxy) is 1. The van der Waals surface area contributed by atoms with Gasteiger partial charge in [0.15, 0.2) is 12.4 Å². The summed E-state index contributed by atoms with van der Waals surface area (Å²) in [5.74, 6) is 0.0264. The fourth-order valence-electron chi connectivity index (χ4n) is 1.89. The largest absolute Gasteiger partial charge is 0.454 e. The first-order valence-electron chi connectivity index (χ1n) is 7.70. The Balaban J connectivity index is 1.79. The van der Waals surface area contributed by atoms with Gasteiger partial charge in [0, 0.05) is 11.5 Å². The molecule has 24 heavy (non-hydrogen) atoms. The van der Waals surface area contributed by atoms with Crippen molar-refractivity contribution in [2.24, 2.45) is 0 Å². The van der Waals surface area contributed by atoms with Crippen molar-refractivity contribution in [1.82, 2.24) is 15.5 Å². The molecule has 0 saturated heterocycles. The Morgan fingerprint density at radius 3 is 2.62 bits per heavy atom. The number of esters is 1. The lowest BCUT2D eigenvalue weighted by Gasteiger charge is -2.07. The molecule has 0 bridgehead atoms. The molecule has 1 aromatic carbocycles. The SMILES string of the molecule is Cc1ccc(C(=O)NCC(=O)OCc2nc(C(C)C)no2)cc1C. The second kappa shape index (κ2) is 7.72. The molecule has 0 aliphatic rings. The topological polar surface area (TPSA) is 94.3 Å². The molecular formula is C17H21N3O4. The first-order valence-corrected chi connectivity index (χ1v) is 7.70. The molecule has 2 aromatic rings. The zero-order valence-corrected chi connectivity index (χ0v) is 14.3. The van der Waals surface area contributed by atoms with E-state index in [1.165, 1.54) is 0 Å². The molecule has 2 rings (SSSR count). The minimum absolute atomic E-state index is 0.113. The first kappa shape index (κ1) is 17.7. The van der Waals surface area contributed by atoms with Gasteiger partial charge in [0.05, 0.1) is 0 Å². The number of hydrogen-bond acceptors (Lipinski definition) is 6. The van der Waals surface area contributed by atoms with Gasteiger partial charge in [-0.2, -0.15) is 4.98 Å². The molecule has 1 N–H and O–H groups in total. The van der Waals surface area contributed by atoms with Gasteiger partial charge in [-0.25, -0.2) is 0 Å². The Morgan fingerprint density at radius 2 is 2.00 bits per heavy atom. The summed E-state index contributed by atoms with van der Waals surface area (Å²) in [7, 11) is 0. The monoisotopic (exact) mass is 331 g/mol. The second-order valence-electron chi connectivity index (χ2n) is 5.84. The third kappa shape index (κ3) is 4.65. The quantitative estimate of drug-likeness (QED) is 0.816. The van der Waals surface area contributed by atoms with Crippen LogP contribution in [0.1, 0.15) is 53.0 Å². The van der Waals surface area contributed by atoms with Crippen LogP contribution in [-0.2, 0) is 16.1 Å². The highest BCUT2D eigenvalue weighted by Crippen LogP contribution is 2.11. The molecule has 7 nitrogen and oxygen atoms in total. The van der Waals surface area contributed by atoms with Crippen LogP contribution >= 0.6 is 0 Å². The molecule has 0 fully saturated rings. The van der Waals surface area contributed by atoms with Crippen LogP contribution in [0.25, 0.3) is 0 Å². The standard InChI is InChI=1S/C17H21N3O4/c1-10(2)16-19-14(24-20-16)9-23-15(21)8-18-17(22)13-6-5-11(3)12(4)7-13/h5-7,10H,8-9H2,1-4H3,(H,18,22). The Bertz CT molecular complexity index is 737. The number of hydrogen-bond donors (Lipinski definition) is 1. The van der Waals surface area contributed by atoms with Crippen molar-refractivity contribution < 1.29 is 18.8 Å². The molecule has 0 atom stereocenters. The molecule has 128 valence electrons. The smallest absolute Gasteiger partial charge is 0.325 e. The van der Waals surface area contributed by atoms with E-state index in [9.17, 15) is 9.59 Å². The predicted octanol–water partition coefficient (Wildman–Crippen LogP) is 2.28. The van der Waals surface area contributed by atoms with Gasteiger partial charge in [-0.05, 0) is 37.1 Å². The van der Waals surface area contributed by atoms with Crippen LogP contribution < -0.4 is 5.32 Å². The lowest BCUT2D eigenvalue weighted by atomic mass is 10.1. The number of aromatic nitrogens is 2. The third-order valence-electron chi connectivity index (χ3n) is 3.52. The number of carbonyl (C=O) groups excluding carboxylic acids is 2. The normalized spacial score (nSPS) is 10.7. The van der Waals surface area contributed by atoms with E-state index >= 15 is 0 Å². The average molecular weight is 331 g/mol. The van der Waals surface area contributed by atoms with Gasteiger partial charge in [-0.1, -0.05) is 25.1 Å². The Kier molecular flexibility index (Phi) is 5.68. The summed E-state index contributed by atoms with van der Waals surface area (Å²) >= 11 is 0. The van der Waals surface area contributed by atoms with Gasteiger partial charge >= 0.3 is 5.97 Å². The van der Waals surface area contributed by atoms with E-state index in [-0.39, 0.29) is 30.9 Å². The lowest BCUT2D eigenvalue weighted by Crippen LogP contribution is -2.30. The van der Waals surface area contributed by atoms with E-state index in [2.05, 4.69) is 15.5 Å². The van der Waals surface area contributed by atoms with Gasteiger partial charge in [-0.3, -0.25) is 9.59 Å². The van der Waals surface area contributed by atoms with Gasteiger partial charge < -0.3 is 14.6 Å². The van der Waals surface area contributed by atoms with Gasteiger partial charge in [0.1, 0.15) is 6.54 Å². The molecule has 0 radical (unpaired) electrons. The summed E-state index contributed by atoms with van der Waals surface area (Å²) in [6.45, 7) is 7.42. The van der Waals surface area contributed by atoms with Crippen LogP contribution in [0.4, 0.5) is 0 Å². The van der Waals surface area contributed by atoms with Gasteiger partial charge in [0.2, 0.25) is 0 Å². The Labute approximate surface area is 140 Å². The number of benzene rings is 1. The molecule has 0 unspecified atom stereocenters. The van der Waals surface area contributed by atoms with Gasteiger partial charge in [-0.15, -0.1) is 0 Å². The number of aryl methyl sites for hydroxylation is 2. The Hall–Kier alpha value is -2.70. The van der Waals surface area contributed by atoms with E-state index in [0.29, 0.717) is 11.4 Å². The van der Waals surface area contributed by atoms with Crippen molar-refractivity contribution >= 4 is 11.9 Å². The zero-order valence-electron chi connectivity index (χ0n) is 14.3. The maximum absolute atomic E-state index is 12.0. The molecule has 0 saturated carbocycles. The number of nitrogens with zero attached hydrogens (tertiary/aromatic N) is 2. The first-order chi connectivity index (χ1) is 11.4. The van der Waals surface area contributed by atoms with Crippen molar-refractivity contribution in [3.05, 3.63) is 46.6 Å². The van der Waals surface area contributed by atoms with E-state index in [0.717, 1.165) is 11.1 Å². The molecule has 0 aliphatic carbocycles. The van der Waals surface area contributed by atoms with Crippen molar-refractivity contribution in [2.75, 3.05) is 6.54 Å². The minimum Gasteiger partial charge on any atom is -0.454 e. The van der Waals surface area contributed by atoms with Crippen molar-refractivity contribution in [3.63, 3.8) is 0 Å². The van der Waals surface area contributed by atoms with Crippen LogP contribution in [0.2, 0.25) is 0 Å². The molecule has 0 aliphatic heterocycles. The molecule has 1 aromatic heterocycles. The number of rotatable bonds is 6. The number of carbonyl (C=O) groups is 2. The summed E-state index contributed by atoms with van der Waals surface area (Å²) < 4.78 is 9.97.